The van der Waals surface area contributed by atoms with Crippen molar-refractivity contribution in [1.82, 2.24) is 0 Å². The Hall–Kier alpha value is -0.530. The molecule has 3 aliphatic rings. The summed E-state index contributed by atoms with van der Waals surface area (Å²) in [6.45, 7) is 4.67. The second-order valence-corrected chi connectivity index (χ2v) is 6.76. The lowest BCUT2D eigenvalue weighted by Gasteiger charge is -2.33. The van der Waals surface area contributed by atoms with E-state index in [0.29, 0.717) is 5.92 Å². The lowest BCUT2D eigenvalue weighted by atomic mass is 9.71. The summed E-state index contributed by atoms with van der Waals surface area (Å²) in [6, 6.07) is 0. The topological polar surface area (TPSA) is 37.3 Å². The van der Waals surface area contributed by atoms with Crippen LogP contribution < -0.4 is 0 Å². The normalized spacial score (nSPS) is 46.3. The van der Waals surface area contributed by atoms with Crippen LogP contribution in [0.25, 0.3) is 0 Å². The largest absolute Gasteiger partial charge is 0.481 e. The molecular formula is C17H32O2. The number of carboxylic acid groups (broad SMARTS) is 1. The van der Waals surface area contributed by atoms with Gasteiger partial charge in [-0.25, -0.2) is 0 Å². The van der Waals surface area contributed by atoms with Crippen LogP contribution in [-0.4, -0.2) is 11.1 Å². The van der Waals surface area contributed by atoms with Crippen LogP contribution >= 0.6 is 0 Å². The highest BCUT2D eigenvalue weighted by atomic mass is 16.4. The van der Waals surface area contributed by atoms with Gasteiger partial charge in [0.2, 0.25) is 0 Å². The fraction of sp³-hybridized carbons (Fsp3) is 0.941. The quantitative estimate of drug-likeness (QED) is 0.806. The number of carbonyl (C=O) groups is 1. The zero-order chi connectivity index (χ0) is 12.2. The Labute approximate surface area is 119 Å². The van der Waals surface area contributed by atoms with Gasteiger partial charge in [-0.15, -0.1) is 0 Å². The summed E-state index contributed by atoms with van der Waals surface area (Å²) in [5.41, 5.74) is 0. The van der Waals surface area contributed by atoms with Gasteiger partial charge in [-0.05, 0) is 54.8 Å². The maximum atomic E-state index is 11.3. The summed E-state index contributed by atoms with van der Waals surface area (Å²) in [4.78, 5) is 11.3. The van der Waals surface area contributed by atoms with E-state index in [1.54, 1.807) is 0 Å². The van der Waals surface area contributed by atoms with Crippen molar-refractivity contribution in [1.29, 1.82) is 0 Å². The number of rotatable bonds is 3. The Morgan fingerprint density at radius 2 is 1.84 bits per heavy atom. The van der Waals surface area contributed by atoms with Gasteiger partial charge in [0, 0.05) is 0 Å². The minimum absolute atomic E-state index is 0. The first-order valence-corrected chi connectivity index (χ1v) is 7.36. The maximum absolute atomic E-state index is 11.3. The molecule has 3 saturated carbocycles. The Bertz CT molecular complexity index is 325. The fourth-order valence-corrected chi connectivity index (χ4v) is 5.72. The molecule has 0 saturated heterocycles. The lowest BCUT2D eigenvalue weighted by Crippen LogP contribution is -2.33. The molecule has 0 spiro atoms. The highest BCUT2D eigenvalue weighted by Crippen LogP contribution is 2.65. The standard InChI is InChI=1S/C15H24O2.2CH4/c1-3-4-9-5-8(2)13-10-6-11(14(9)13)12(7-10)15(16)17;;/h8-14H,3-7H2,1-2H3,(H,16,17);2*1H4. The molecule has 7 unspecified atom stereocenters. The monoisotopic (exact) mass is 268 g/mol. The van der Waals surface area contributed by atoms with Gasteiger partial charge in [0.15, 0.2) is 0 Å². The number of hydrogen-bond acceptors (Lipinski definition) is 1. The first kappa shape index (κ1) is 16.5. The SMILES string of the molecule is C.C.CCCC1CC(C)C2C3CC(C(=O)O)C(C3)C12. The highest BCUT2D eigenvalue weighted by Gasteiger charge is 2.60. The molecular weight excluding hydrogens is 236 g/mol. The molecule has 2 nitrogen and oxygen atoms in total. The van der Waals surface area contributed by atoms with Crippen molar-refractivity contribution in [2.24, 2.45) is 41.4 Å². The molecule has 0 aromatic rings. The number of hydrogen-bond donors (Lipinski definition) is 1. The third-order valence-corrected chi connectivity index (χ3v) is 5.98. The van der Waals surface area contributed by atoms with Crippen molar-refractivity contribution in [2.45, 2.75) is 60.8 Å². The molecule has 2 heteroatoms. The van der Waals surface area contributed by atoms with Gasteiger partial charge in [0.05, 0.1) is 5.92 Å². The van der Waals surface area contributed by atoms with E-state index in [1.807, 2.05) is 0 Å². The van der Waals surface area contributed by atoms with E-state index >= 15 is 0 Å². The molecule has 0 aliphatic heterocycles. The van der Waals surface area contributed by atoms with E-state index in [2.05, 4.69) is 13.8 Å². The van der Waals surface area contributed by atoms with Gasteiger partial charge in [-0.1, -0.05) is 41.5 Å². The van der Waals surface area contributed by atoms with Gasteiger partial charge < -0.3 is 5.11 Å². The molecule has 3 rings (SSSR count). The molecule has 3 fully saturated rings. The highest BCUT2D eigenvalue weighted by molar-refractivity contribution is 5.71. The van der Waals surface area contributed by atoms with Crippen LogP contribution in [0.4, 0.5) is 0 Å². The maximum Gasteiger partial charge on any atom is 0.306 e. The predicted molar refractivity (Wildman–Crippen MR) is 80.0 cm³/mol. The summed E-state index contributed by atoms with van der Waals surface area (Å²) in [7, 11) is 0. The molecule has 3 aliphatic carbocycles. The fourth-order valence-electron chi connectivity index (χ4n) is 5.72. The van der Waals surface area contributed by atoms with Crippen LogP contribution in [0.1, 0.15) is 60.8 Å². The van der Waals surface area contributed by atoms with E-state index in [1.165, 1.54) is 25.7 Å². The van der Waals surface area contributed by atoms with Crippen LogP contribution in [0.5, 0.6) is 0 Å². The molecule has 0 aromatic carbocycles. The molecule has 0 heterocycles. The summed E-state index contributed by atoms with van der Waals surface area (Å²) in [5.74, 6) is 4.03. The molecule has 0 radical (unpaired) electrons. The smallest absolute Gasteiger partial charge is 0.306 e. The van der Waals surface area contributed by atoms with E-state index in [9.17, 15) is 9.90 Å². The zero-order valence-corrected chi connectivity index (χ0v) is 10.9. The van der Waals surface area contributed by atoms with Crippen molar-refractivity contribution in [3.05, 3.63) is 0 Å². The average molecular weight is 268 g/mol. The third kappa shape index (κ3) is 2.32. The second-order valence-electron chi connectivity index (χ2n) is 6.76. The Morgan fingerprint density at radius 3 is 2.42 bits per heavy atom. The minimum Gasteiger partial charge on any atom is -0.481 e. The third-order valence-electron chi connectivity index (χ3n) is 5.98. The van der Waals surface area contributed by atoms with Crippen molar-refractivity contribution in [2.75, 3.05) is 0 Å². The first-order chi connectivity index (χ1) is 8.13. The van der Waals surface area contributed by atoms with Crippen LogP contribution in [0.15, 0.2) is 0 Å². The Balaban J connectivity index is 0.000000902. The van der Waals surface area contributed by atoms with Gasteiger partial charge in [-0.3, -0.25) is 4.79 Å². The van der Waals surface area contributed by atoms with Crippen LogP contribution in [0.2, 0.25) is 0 Å². The van der Waals surface area contributed by atoms with Crippen molar-refractivity contribution in [3.63, 3.8) is 0 Å². The molecule has 2 bridgehead atoms. The van der Waals surface area contributed by atoms with E-state index < -0.39 is 5.97 Å². The Kier molecular flexibility index (Phi) is 5.08. The molecule has 1 N–H and O–H groups in total. The van der Waals surface area contributed by atoms with Crippen molar-refractivity contribution in [3.8, 4) is 0 Å². The molecule has 7 atom stereocenters. The number of aliphatic carboxylic acids is 1. The lowest BCUT2D eigenvalue weighted by molar-refractivity contribution is -0.145. The summed E-state index contributed by atoms with van der Waals surface area (Å²) < 4.78 is 0. The molecule has 19 heavy (non-hydrogen) atoms. The second kappa shape index (κ2) is 5.85. The molecule has 0 aromatic heterocycles. The van der Waals surface area contributed by atoms with E-state index in [-0.39, 0.29) is 20.8 Å². The minimum atomic E-state index is -0.522. The molecule has 0 amide bonds. The predicted octanol–water partition coefficient (Wildman–Crippen LogP) is 4.69. The first-order valence-electron chi connectivity index (χ1n) is 7.36. The van der Waals surface area contributed by atoms with Crippen LogP contribution in [0.3, 0.4) is 0 Å². The van der Waals surface area contributed by atoms with Crippen molar-refractivity contribution >= 4 is 5.97 Å². The Morgan fingerprint density at radius 1 is 1.16 bits per heavy atom. The van der Waals surface area contributed by atoms with Gasteiger partial charge in [0.1, 0.15) is 0 Å². The van der Waals surface area contributed by atoms with Crippen molar-refractivity contribution < 1.29 is 9.90 Å². The van der Waals surface area contributed by atoms with Crippen LogP contribution in [0, 0.1) is 41.4 Å². The average Bonchev–Trinajstić information content (AvgIpc) is 2.90. The van der Waals surface area contributed by atoms with E-state index in [4.69, 9.17) is 0 Å². The number of fused-ring (bicyclic) bond motifs is 5. The van der Waals surface area contributed by atoms with Gasteiger partial charge >= 0.3 is 5.97 Å². The summed E-state index contributed by atoms with van der Waals surface area (Å²) in [5, 5.41) is 9.34. The van der Waals surface area contributed by atoms with E-state index in [0.717, 1.165) is 36.0 Å². The summed E-state index contributed by atoms with van der Waals surface area (Å²) >= 11 is 0. The summed E-state index contributed by atoms with van der Waals surface area (Å²) in [6.07, 6.45) is 6.14. The van der Waals surface area contributed by atoms with Crippen LogP contribution in [-0.2, 0) is 4.79 Å². The zero-order valence-electron chi connectivity index (χ0n) is 10.9. The molecule has 112 valence electrons. The van der Waals surface area contributed by atoms with Gasteiger partial charge in [-0.2, -0.15) is 0 Å². The van der Waals surface area contributed by atoms with Gasteiger partial charge in [0.25, 0.3) is 0 Å². The number of carboxylic acids is 1.